The maximum absolute atomic E-state index is 13.7. The lowest BCUT2D eigenvalue weighted by Gasteiger charge is -2.39. The molecule has 1 saturated heterocycles. The maximum Gasteiger partial charge on any atom is 0.513 e. The van der Waals surface area contributed by atoms with Gasteiger partial charge in [0, 0.05) is 11.7 Å². The van der Waals surface area contributed by atoms with E-state index < -0.39 is 6.16 Å². The van der Waals surface area contributed by atoms with E-state index in [1.54, 1.807) is 25.1 Å². The van der Waals surface area contributed by atoms with Crippen molar-refractivity contribution in [1.82, 2.24) is 4.90 Å². The third-order valence-corrected chi connectivity index (χ3v) is 7.48. The van der Waals surface area contributed by atoms with Gasteiger partial charge in [0.05, 0.1) is 18.6 Å². The van der Waals surface area contributed by atoms with Crippen LogP contribution in [0.5, 0.6) is 11.5 Å². The van der Waals surface area contributed by atoms with Gasteiger partial charge in [-0.25, -0.2) is 4.79 Å². The molecule has 1 saturated carbocycles. The minimum Gasteiger partial charge on any atom is -0.493 e. The van der Waals surface area contributed by atoms with Gasteiger partial charge < -0.3 is 24.4 Å². The number of nitrogens with zero attached hydrogens (tertiary/aromatic N) is 1. The third kappa shape index (κ3) is 5.93. The average molecular weight is 497 g/mol. The molecule has 0 bridgehead atoms. The van der Waals surface area contributed by atoms with Crippen molar-refractivity contribution in [3.63, 3.8) is 0 Å². The summed E-state index contributed by atoms with van der Waals surface area (Å²) in [6.07, 6.45) is 5.59. The number of carbonyl (C=O) groups is 2. The molecule has 1 unspecified atom stereocenters. The van der Waals surface area contributed by atoms with E-state index in [9.17, 15) is 9.59 Å². The van der Waals surface area contributed by atoms with Crippen LogP contribution in [0.25, 0.3) is 6.08 Å². The van der Waals surface area contributed by atoms with Gasteiger partial charge in [0.1, 0.15) is 0 Å². The zero-order valence-electron chi connectivity index (χ0n) is 20.4. The Morgan fingerprint density at radius 2 is 1.91 bits per heavy atom. The summed E-state index contributed by atoms with van der Waals surface area (Å²) in [7, 11) is 1.51. The molecule has 1 heterocycles. The van der Waals surface area contributed by atoms with Crippen LogP contribution >= 0.6 is 11.8 Å². The van der Waals surface area contributed by atoms with Crippen molar-refractivity contribution in [2.24, 2.45) is 5.92 Å². The summed E-state index contributed by atoms with van der Waals surface area (Å²) in [5.74, 6) is 1.14. The molecule has 2 aromatic rings. The highest BCUT2D eigenvalue weighted by Crippen LogP contribution is 2.42. The number of hydrogen-bond donors (Lipinski definition) is 1. The topological polar surface area (TPSA) is 77.1 Å². The molecule has 1 N–H and O–H groups in total. The van der Waals surface area contributed by atoms with E-state index in [4.69, 9.17) is 14.2 Å². The molecular weight excluding hydrogens is 464 g/mol. The fourth-order valence-electron chi connectivity index (χ4n) is 4.61. The van der Waals surface area contributed by atoms with E-state index in [0.717, 1.165) is 30.5 Å². The second-order valence-electron chi connectivity index (χ2n) is 8.73. The lowest BCUT2D eigenvalue weighted by Crippen LogP contribution is -2.48. The van der Waals surface area contributed by atoms with Gasteiger partial charge in [-0.05, 0) is 61.6 Å². The molecule has 35 heavy (non-hydrogen) atoms. The third-order valence-electron chi connectivity index (χ3n) is 6.36. The van der Waals surface area contributed by atoms with Gasteiger partial charge in [0.15, 0.2) is 17.0 Å². The molecule has 1 aliphatic carbocycles. The molecule has 1 aliphatic heterocycles. The number of ether oxygens (including phenoxy) is 3. The van der Waals surface area contributed by atoms with Crippen LogP contribution in [0, 0.1) is 5.92 Å². The monoisotopic (exact) mass is 496 g/mol. The van der Waals surface area contributed by atoms with Crippen LogP contribution in [0.2, 0.25) is 0 Å². The van der Waals surface area contributed by atoms with Crippen LogP contribution in [0.4, 0.5) is 10.5 Å². The van der Waals surface area contributed by atoms with E-state index in [0.29, 0.717) is 16.6 Å². The SMILES string of the molecule is CCOC(=O)Oc1ccc(/C=C2\SC(Nc3ccccc3)N([C@@H]3CCCC[C@@H]3C)C2=O)cc1OC. The Bertz CT molecular complexity index is 1070. The van der Waals surface area contributed by atoms with Crippen LogP contribution in [0.3, 0.4) is 0 Å². The Kier molecular flexibility index (Phi) is 8.23. The van der Waals surface area contributed by atoms with E-state index in [2.05, 4.69) is 12.2 Å². The summed E-state index contributed by atoms with van der Waals surface area (Å²) in [5.41, 5.74) is 1.58. The largest absolute Gasteiger partial charge is 0.513 e. The molecule has 0 radical (unpaired) electrons. The molecule has 186 valence electrons. The second-order valence-corrected chi connectivity index (χ2v) is 9.85. The van der Waals surface area contributed by atoms with Gasteiger partial charge in [-0.3, -0.25) is 4.79 Å². The van der Waals surface area contributed by atoms with Crippen LogP contribution < -0.4 is 14.8 Å². The fraction of sp³-hybridized carbons (Fsp3) is 0.407. The van der Waals surface area contributed by atoms with Crippen molar-refractivity contribution in [2.45, 2.75) is 51.1 Å². The first-order valence-corrected chi connectivity index (χ1v) is 12.9. The van der Waals surface area contributed by atoms with Crippen molar-refractivity contribution in [1.29, 1.82) is 0 Å². The molecule has 1 amide bonds. The zero-order chi connectivity index (χ0) is 24.8. The van der Waals surface area contributed by atoms with Crippen molar-refractivity contribution < 1.29 is 23.8 Å². The number of benzene rings is 2. The van der Waals surface area contributed by atoms with Gasteiger partial charge >= 0.3 is 6.16 Å². The molecule has 2 aromatic carbocycles. The van der Waals surface area contributed by atoms with Crippen LogP contribution in [-0.4, -0.2) is 42.2 Å². The zero-order valence-corrected chi connectivity index (χ0v) is 21.2. The summed E-state index contributed by atoms with van der Waals surface area (Å²) >= 11 is 1.53. The lowest BCUT2D eigenvalue weighted by molar-refractivity contribution is -0.129. The molecule has 2 fully saturated rings. The summed E-state index contributed by atoms with van der Waals surface area (Å²) in [6, 6.07) is 15.4. The van der Waals surface area contributed by atoms with E-state index in [1.165, 1.54) is 25.3 Å². The number of anilines is 1. The van der Waals surface area contributed by atoms with Crippen molar-refractivity contribution in [3.8, 4) is 11.5 Å². The number of para-hydroxylation sites is 1. The summed E-state index contributed by atoms with van der Waals surface area (Å²) < 4.78 is 15.5. The minimum atomic E-state index is -0.787. The number of methoxy groups -OCH3 is 1. The molecule has 8 heteroatoms. The minimum absolute atomic E-state index is 0.0352. The highest BCUT2D eigenvalue weighted by molar-refractivity contribution is 8.05. The first-order valence-electron chi connectivity index (χ1n) is 12.1. The van der Waals surface area contributed by atoms with Crippen molar-refractivity contribution >= 4 is 35.6 Å². The number of hydrogen-bond acceptors (Lipinski definition) is 7. The number of nitrogens with one attached hydrogen (secondary N) is 1. The summed E-state index contributed by atoms with van der Waals surface area (Å²) in [4.78, 5) is 28.1. The Labute approximate surface area is 210 Å². The number of thioether (sulfide) groups is 1. The predicted molar refractivity (Wildman–Crippen MR) is 138 cm³/mol. The van der Waals surface area contributed by atoms with Crippen molar-refractivity contribution in [3.05, 3.63) is 59.0 Å². The van der Waals surface area contributed by atoms with Crippen LogP contribution in [0.15, 0.2) is 53.4 Å². The molecule has 0 aromatic heterocycles. The standard InChI is InChI=1S/C27H32N2O5S/c1-4-33-27(31)34-22-15-14-19(16-23(22)32-3)17-24-25(30)29(21-13-9-8-10-18(21)2)26(35-24)28-20-11-6-5-7-12-20/h5-7,11-12,14-18,21,26,28H,4,8-10,13H2,1-3H3/b24-17-/t18-,21+,26?/m0/s1. The molecule has 4 rings (SSSR count). The summed E-state index contributed by atoms with van der Waals surface area (Å²) in [5, 5.41) is 3.55. The predicted octanol–water partition coefficient (Wildman–Crippen LogP) is 6.12. The van der Waals surface area contributed by atoms with Gasteiger partial charge in [-0.15, -0.1) is 0 Å². The normalized spacial score (nSPS) is 23.3. The maximum atomic E-state index is 13.7. The van der Waals surface area contributed by atoms with E-state index in [-0.39, 0.29) is 29.8 Å². The van der Waals surface area contributed by atoms with E-state index >= 15 is 0 Å². The second kappa shape index (κ2) is 11.5. The van der Waals surface area contributed by atoms with Gasteiger partial charge in [0.25, 0.3) is 5.91 Å². The molecule has 7 nitrogen and oxygen atoms in total. The lowest BCUT2D eigenvalue weighted by atomic mass is 9.85. The van der Waals surface area contributed by atoms with E-state index in [1.807, 2.05) is 41.3 Å². The Hall–Kier alpha value is -3.13. The highest BCUT2D eigenvalue weighted by atomic mass is 32.2. The molecule has 2 aliphatic rings. The number of amides is 1. The Morgan fingerprint density at radius 3 is 2.63 bits per heavy atom. The highest BCUT2D eigenvalue weighted by Gasteiger charge is 2.42. The first-order chi connectivity index (χ1) is 17.0. The first kappa shape index (κ1) is 25.0. The summed E-state index contributed by atoms with van der Waals surface area (Å²) in [6.45, 7) is 4.18. The Morgan fingerprint density at radius 1 is 1.14 bits per heavy atom. The average Bonchev–Trinajstić information content (AvgIpc) is 3.15. The van der Waals surface area contributed by atoms with Gasteiger partial charge in [-0.2, -0.15) is 0 Å². The Balaban J connectivity index is 1.60. The van der Waals surface area contributed by atoms with Gasteiger partial charge in [-0.1, -0.05) is 55.8 Å². The number of rotatable bonds is 7. The number of carbonyl (C=O) groups excluding carboxylic acids is 2. The van der Waals surface area contributed by atoms with Gasteiger partial charge in [0.2, 0.25) is 0 Å². The molecule has 3 atom stereocenters. The molecule has 0 spiro atoms. The van der Waals surface area contributed by atoms with Crippen LogP contribution in [0.1, 0.15) is 45.1 Å². The van der Waals surface area contributed by atoms with Crippen LogP contribution in [-0.2, 0) is 9.53 Å². The smallest absolute Gasteiger partial charge is 0.493 e. The quantitative estimate of drug-likeness (QED) is 0.281. The molecular formula is C27H32N2O5S. The fourth-order valence-corrected chi connectivity index (χ4v) is 5.83. The van der Waals surface area contributed by atoms with Crippen molar-refractivity contribution in [2.75, 3.05) is 19.0 Å².